The van der Waals surface area contributed by atoms with E-state index < -0.39 is 44.5 Å². The summed E-state index contributed by atoms with van der Waals surface area (Å²) in [5, 5.41) is 10.8. The lowest BCUT2D eigenvalue weighted by atomic mass is 10.2. The Labute approximate surface area is 153 Å². The standard InChI is InChI=1S/C14H23N3O7S2/c1-3-4-6-12(17-14(18)13(16)11(2)15)7-5-9-25(19,20)10-8-24-26(21,22)23/h4-7,9,11,16H,3,8,10,15H2,1-2H3,(H,17,18)(H,21,22,23). The van der Waals surface area contributed by atoms with Crippen molar-refractivity contribution in [3.05, 3.63) is 35.4 Å². The first-order valence-electron chi connectivity index (χ1n) is 7.43. The van der Waals surface area contributed by atoms with Gasteiger partial charge in [-0.2, -0.15) is 8.42 Å². The molecule has 0 heterocycles. The number of amides is 1. The molecule has 26 heavy (non-hydrogen) atoms. The van der Waals surface area contributed by atoms with Crippen molar-refractivity contribution in [2.45, 2.75) is 26.3 Å². The predicted octanol–water partition coefficient (Wildman–Crippen LogP) is 0.0676. The second-order valence-electron chi connectivity index (χ2n) is 5.03. The van der Waals surface area contributed by atoms with Crippen molar-refractivity contribution < 1.29 is 30.4 Å². The Bertz CT molecular complexity index is 794. The van der Waals surface area contributed by atoms with Crippen LogP contribution in [0.3, 0.4) is 0 Å². The number of allylic oxidation sites excluding steroid dienone is 4. The number of rotatable bonds is 11. The van der Waals surface area contributed by atoms with Crippen molar-refractivity contribution in [2.75, 3.05) is 12.4 Å². The molecule has 12 heteroatoms. The molecule has 0 saturated carbocycles. The number of carbonyl (C=O) groups is 1. The molecule has 0 aromatic carbocycles. The van der Waals surface area contributed by atoms with Crippen LogP contribution in [0, 0.1) is 5.41 Å². The van der Waals surface area contributed by atoms with Gasteiger partial charge >= 0.3 is 10.4 Å². The van der Waals surface area contributed by atoms with Crippen molar-refractivity contribution in [1.82, 2.24) is 5.32 Å². The lowest BCUT2D eigenvalue weighted by molar-refractivity contribution is -0.114. The van der Waals surface area contributed by atoms with Gasteiger partial charge in [0.2, 0.25) is 0 Å². The molecule has 148 valence electrons. The number of nitrogens with two attached hydrogens (primary N) is 1. The maximum Gasteiger partial charge on any atom is 0.397 e. The van der Waals surface area contributed by atoms with Crippen LogP contribution in [-0.2, 0) is 29.2 Å². The van der Waals surface area contributed by atoms with Gasteiger partial charge in [-0.1, -0.05) is 13.0 Å². The van der Waals surface area contributed by atoms with Crippen molar-refractivity contribution in [3.8, 4) is 0 Å². The fourth-order valence-corrected chi connectivity index (χ4v) is 2.54. The highest BCUT2D eigenvalue weighted by molar-refractivity contribution is 7.94. The summed E-state index contributed by atoms with van der Waals surface area (Å²) in [6.45, 7) is 2.60. The minimum atomic E-state index is -4.71. The summed E-state index contributed by atoms with van der Waals surface area (Å²) in [4.78, 5) is 11.8. The van der Waals surface area contributed by atoms with Crippen LogP contribution in [0.25, 0.3) is 0 Å². The van der Waals surface area contributed by atoms with Crippen LogP contribution in [0.2, 0.25) is 0 Å². The summed E-state index contributed by atoms with van der Waals surface area (Å²) in [5.41, 5.74) is 5.36. The van der Waals surface area contributed by atoms with Crippen LogP contribution in [-0.4, -0.2) is 51.4 Å². The highest BCUT2D eigenvalue weighted by atomic mass is 32.3. The summed E-state index contributed by atoms with van der Waals surface area (Å²) in [7, 11) is -8.51. The molecule has 1 unspecified atom stereocenters. The Morgan fingerprint density at radius 1 is 1.35 bits per heavy atom. The van der Waals surface area contributed by atoms with E-state index in [1.165, 1.54) is 19.1 Å². The zero-order valence-electron chi connectivity index (χ0n) is 14.4. The molecule has 0 aromatic rings. The largest absolute Gasteiger partial charge is 0.397 e. The number of nitrogens with one attached hydrogen (secondary N) is 2. The lowest BCUT2D eigenvalue weighted by Gasteiger charge is -2.09. The normalized spacial score (nSPS) is 14.7. The summed E-state index contributed by atoms with van der Waals surface area (Å²) in [5.74, 6) is -1.39. The molecule has 0 rings (SSSR count). The number of carbonyl (C=O) groups excluding carboxylic acids is 1. The van der Waals surface area contributed by atoms with Crippen LogP contribution in [0.4, 0.5) is 0 Å². The first-order valence-corrected chi connectivity index (χ1v) is 10.5. The van der Waals surface area contributed by atoms with E-state index in [0.717, 1.165) is 11.5 Å². The van der Waals surface area contributed by atoms with Gasteiger partial charge in [0.25, 0.3) is 5.91 Å². The van der Waals surface area contributed by atoms with Gasteiger partial charge in [-0.15, -0.1) is 0 Å². The van der Waals surface area contributed by atoms with Crippen molar-refractivity contribution in [1.29, 1.82) is 5.41 Å². The van der Waals surface area contributed by atoms with E-state index in [1.807, 2.05) is 6.92 Å². The number of sulfone groups is 1. The average molecular weight is 409 g/mol. The van der Waals surface area contributed by atoms with E-state index in [0.29, 0.717) is 6.42 Å². The van der Waals surface area contributed by atoms with Crippen LogP contribution in [0.15, 0.2) is 35.4 Å². The minimum absolute atomic E-state index is 0.239. The third-order valence-corrected chi connectivity index (χ3v) is 4.42. The Morgan fingerprint density at radius 3 is 2.46 bits per heavy atom. The fourth-order valence-electron chi connectivity index (χ4n) is 1.38. The molecule has 1 amide bonds. The Balaban J connectivity index is 5.08. The topological polar surface area (TPSA) is 177 Å². The second kappa shape index (κ2) is 11.0. The van der Waals surface area contributed by atoms with Crippen molar-refractivity contribution in [3.63, 3.8) is 0 Å². The molecule has 10 nitrogen and oxygen atoms in total. The van der Waals surface area contributed by atoms with Gasteiger partial charge in [0.05, 0.1) is 12.4 Å². The molecular formula is C14H23N3O7S2. The van der Waals surface area contributed by atoms with Gasteiger partial charge in [-0.05, 0) is 31.6 Å². The third kappa shape index (κ3) is 11.7. The summed E-state index contributed by atoms with van der Waals surface area (Å²) < 4.78 is 56.4. The molecular weight excluding hydrogens is 386 g/mol. The van der Waals surface area contributed by atoms with Crippen molar-refractivity contribution >= 4 is 31.9 Å². The van der Waals surface area contributed by atoms with E-state index in [1.54, 1.807) is 6.08 Å². The van der Waals surface area contributed by atoms with E-state index in [2.05, 4.69) is 9.50 Å². The molecule has 0 spiro atoms. The van der Waals surface area contributed by atoms with E-state index in [9.17, 15) is 21.6 Å². The predicted molar refractivity (Wildman–Crippen MR) is 97.5 cm³/mol. The highest BCUT2D eigenvalue weighted by Crippen LogP contribution is 2.00. The Morgan fingerprint density at radius 2 is 1.96 bits per heavy atom. The fraction of sp³-hybridized carbons (Fsp3) is 0.429. The molecule has 0 aromatic heterocycles. The quantitative estimate of drug-likeness (QED) is 0.210. The molecule has 0 radical (unpaired) electrons. The van der Waals surface area contributed by atoms with Gasteiger partial charge in [0, 0.05) is 17.1 Å². The van der Waals surface area contributed by atoms with Gasteiger partial charge < -0.3 is 11.1 Å². The van der Waals surface area contributed by atoms with E-state index >= 15 is 0 Å². The first kappa shape index (κ1) is 24.1. The zero-order chi connectivity index (χ0) is 20.4. The van der Waals surface area contributed by atoms with Crippen LogP contribution in [0.1, 0.15) is 20.3 Å². The summed E-state index contributed by atoms with van der Waals surface area (Å²) >= 11 is 0. The smallest absolute Gasteiger partial charge is 0.323 e. The molecule has 1 atom stereocenters. The molecule has 0 saturated heterocycles. The summed E-state index contributed by atoms with van der Waals surface area (Å²) in [6, 6.07) is -0.759. The maximum atomic E-state index is 11.8. The maximum absolute atomic E-state index is 11.8. The molecule has 0 fully saturated rings. The Hall–Kier alpha value is -1.86. The van der Waals surface area contributed by atoms with Gasteiger partial charge in [0.15, 0.2) is 9.84 Å². The average Bonchev–Trinajstić information content (AvgIpc) is 2.49. The molecule has 0 aliphatic rings. The molecule has 0 bridgehead atoms. The van der Waals surface area contributed by atoms with E-state index in [4.69, 9.17) is 15.7 Å². The lowest BCUT2D eigenvalue weighted by Crippen LogP contribution is -2.39. The summed E-state index contributed by atoms with van der Waals surface area (Å²) in [6.07, 6.45) is 6.33. The van der Waals surface area contributed by atoms with Crippen LogP contribution in [0.5, 0.6) is 0 Å². The van der Waals surface area contributed by atoms with Gasteiger partial charge in [-0.25, -0.2) is 12.6 Å². The highest BCUT2D eigenvalue weighted by Gasteiger charge is 2.14. The van der Waals surface area contributed by atoms with Crippen LogP contribution >= 0.6 is 0 Å². The van der Waals surface area contributed by atoms with Crippen molar-refractivity contribution in [2.24, 2.45) is 5.73 Å². The number of hydrogen-bond donors (Lipinski definition) is 4. The molecule has 0 aliphatic carbocycles. The van der Waals surface area contributed by atoms with Gasteiger partial charge in [0.1, 0.15) is 5.71 Å². The van der Waals surface area contributed by atoms with Gasteiger partial charge in [-0.3, -0.25) is 14.8 Å². The van der Waals surface area contributed by atoms with Crippen LogP contribution < -0.4 is 11.1 Å². The molecule has 0 aliphatic heterocycles. The second-order valence-corrected chi connectivity index (χ2v) is 8.13. The molecule has 5 N–H and O–H groups in total. The third-order valence-electron chi connectivity index (χ3n) is 2.65. The minimum Gasteiger partial charge on any atom is -0.323 e. The SMILES string of the molecule is CCC=CC(=CC=CS(=O)(=O)CCOS(=O)(=O)O)NC(=O)C(=N)C(C)N. The first-order chi connectivity index (χ1) is 11.9. The van der Waals surface area contributed by atoms with E-state index in [-0.39, 0.29) is 11.4 Å². The number of hydrogen-bond acceptors (Lipinski definition) is 8. The zero-order valence-corrected chi connectivity index (χ0v) is 16.0. The monoisotopic (exact) mass is 409 g/mol. The Kier molecular flexibility index (Phi) is 10.2.